The van der Waals surface area contributed by atoms with E-state index in [0.717, 1.165) is 29.8 Å². The van der Waals surface area contributed by atoms with Crippen molar-refractivity contribution in [2.45, 2.75) is 6.18 Å². The molecule has 0 aliphatic carbocycles. The summed E-state index contributed by atoms with van der Waals surface area (Å²) in [5.74, 6) is -1.18. The van der Waals surface area contributed by atoms with Gasteiger partial charge in [0.05, 0.1) is 22.5 Å². The van der Waals surface area contributed by atoms with Crippen molar-refractivity contribution in [1.29, 1.82) is 0 Å². The molecule has 9 heteroatoms. The normalized spacial score (nSPS) is 11.1. The van der Waals surface area contributed by atoms with Gasteiger partial charge >= 0.3 is 12.1 Å². The van der Waals surface area contributed by atoms with Crippen LogP contribution in [0.1, 0.15) is 15.9 Å². The average molecular weight is 465 g/mol. The Bertz CT molecular complexity index is 1290. The number of benzene rings is 3. The number of alkyl halides is 3. The minimum absolute atomic E-state index is 0.0958. The number of esters is 1. The second-order valence-corrected chi connectivity index (χ2v) is 7.23. The Balaban J connectivity index is 1.47. The van der Waals surface area contributed by atoms with Crippen LogP contribution in [0.3, 0.4) is 0 Å². The van der Waals surface area contributed by atoms with Crippen LogP contribution >= 0.6 is 0 Å². The van der Waals surface area contributed by atoms with Gasteiger partial charge in [0.2, 0.25) is 0 Å². The summed E-state index contributed by atoms with van der Waals surface area (Å²) in [5.41, 5.74) is 1.20. The number of ether oxygens (including phenoxy) is 1. The molecule has 0 radical (unpaired) electrons. The van der Waals surface area contributed by atoms with Crippen LogP contribution < -0.4 is 5.32 Å². The first-order valence-corrected chi connectivity index (χ1v) is 10.2. The number of rotatable bonds is 6. The van der Waals surface area contributed by atoms with E-state index >= 15 is 0 Å². The van der Waals surface area contributed by atoms with Crippen LogP contribution in [0.2, 0.25) is 0 Å². The smallest absolute Gasteiger partial charge is 0.416 e. The number of halogens is 3. The van der Waals surface area contributed by atoms with E-state index in [1.54, 1.807) is 10.7 Å². The highest BCUT2D eigenvalue weighted by Crippen LogP contribution is 2.29. The number of aromatic nitrogens is 2. The Morgan fingerprint density at radius 1 is 0.882 bits per heavy atom. The molecule has 6 nitrogen and oxygen atoms in total. The van der Waals surface area contributed by atoms with Gasteiger partial charge in [0.1, 0.15) is 5.82 Å². The fourth-order valence-electron chi connectivity index (χ4n) is 3.17. The maximum absolute atomic E-state index is 12.7. The van der Waals surface area contributed by atoms with Gasteiger partial charge in [-0.2, -0.15) is 18.3 Å². The fraction of sp³-hybridized carbons (Fsp3) is 0.0800. The number of para-hydroxylation sites is 1. The second kappa shape index (κ2) is 9.62. The van der Waals surface area contributed by atoms with Gasteiger partial charge in [-0.25, -0.2) is 9.48 Å². The molecule has 1 amide bonds. The molecular weight excluding hydrogens is 447 g/mol. The summed E-state index contributed by atoms with van der Waals surface area (Å²) in [7, 11) is 0. The number of amides is 1. The fourth-order valence-corrected chi connectivity index (χ4v) is 3.17. The molecule has 1 N–H and O–H groups in total. The predicted octanol–water partition coefficient (Wildman–Crippen LogP) is 5.35. The molecule has 172 valence electrons. The molecule has 4 aromatic rings. The van der Waals surface area contributed by atoms with Gasteiger partial charge in [0.25, 0.3) is 5.91 Å². The molecule has 0 unspecified atom stereocenters. The third-order valence-corrected chi connectivity index (χ3v) is 4.83. The van der Waals surface area contributed by atoms with E-state index in [2.05, 4.69) is 10.4 Å². The summed E-state index contributed by atoms with van der Waals surface area (Å²) >= 11 is 0. The van der Waals surface area contributed by atoms with Crippen molar-refractivity contribution in [3.05, 3.63) is 102 Å². The lowest BCUT2D eigenvalue weighted by atomic mass is 10.1. The van der Waals surface area contributed by atoms with Gasteiger partial charge < -0.3 is 10.1 Å². The summed E-state index contributed by atoms with van der Waals surface area (Å²) in [6.07, 6.45) is -4.51. The molecule has 34 heavy (non-hydrogen) atoms. The SMILES string of the molecule is O=C(COC(=O)c1ccc(C(F)(F)F)cc1)Nc1cc(-c2ccccc2)nn1-c1ccccc1. The van der Waals surface area contributed by atoms with Crippen LogP contribution in [0.5, 0.6) is 0 Å². The van der Waals surface area contributed by atoms with Crippen LogP contribution in [0.4, 0.5) is 19.0 Å². The standard InChI is InChI=1S/C25H18F3N3O3/c26-25(27,28)19-13-11-18(12-14-19)24(33)34-16-23(32)29-22-15-21(17-7-3-1-4-8-17)30-31(22)20-9-5-2-6-10-20/h1-15H,16H2,(H,29,32). The Labute approximate surface area is 192 Å². The number of carbonyl (C=O) groups is 2. The molecule has 0 aliphatic rings. The van der Waals surface area contributed by atoms with E-state index in [1.807, 2.05) is 60.7 Å². The number of hydrogen-bond donors (Lipinski definition) is 1. The van der Waals surface area contributed by atoms with Crippen molar-refractivity contribution < 1.29 is 27.5 Å². The van der Waals surface area contributed by atoms with Gasteiger partial charge in [0.15, 0.2) is 6.61 Å². The lowest BCUT2D eigenvalue weighted by Gasteiger charge is -2.10. The molecular formula is C25H18F3N3O3. The van der Waals surface area contributed by atoms with E-state index in [4.69, 9.17) is 4.74 Å². The van der Waals surface area contributed by atoms with E-state index < -0.39 is 30.2 Å². The highest BCUT2D eigenvalue weighted by atomic mass is 19.4. The topological polar surface area (TPSA) is 73.2 Å². The molecule has 3 aromatic carbocycles. The lowest BCUT2D eigenvalue weighted by Crippen LogP contribution is -2.22. The third kappa shape index (κ3) is 5.32. The Hall–Kier alpha value is -4.40. The first-order chi connectivity index (χ1) is 16.3. The van der Waals surface area contributed by atoms with Crippen LogP contribution in [0, 0.1) is 0 Å². The second-order valence-electron chi connectivity index (χ2n) is 7.23. The molecule has 0 bridgehead atoms. The van der Waals surface area contributed by atoms with Crippen molar-refractivity contribution in [3.63, 3.8) is 0 Å². The van der Waals surface area contributed by atoms with Crippen molar-refractivity contribution in [3.8, 4) is 16.9 Å². The Morgan fingerprint density at radius 3 is 2.12 bits per heavy atom. The quantitative estimate of drug-likeness (QED) is 0.390. The van der Waals surface area contributed by atoms with Crippen molar-refractivity contribution in [2.75, 3.05) is 11.9 Å². The van der Waals surface area contributed by atoms with Crippen molar-refractivity contribution in [1.82, 2.24) is 9.78 Å². The van der Waals surface area contributed by atoms with Crippen LogP contribution in [0.15, 0.2) is 91.0 Å². The number of hydrogen-bond acceptors (Lipinski definition) is 4. The van der Waals surface area contributed by atoms with Gasteiger partial charge in [-0.05, 0) is 36.4 Å². The first kappa shape index (κ1) is 22.8. The molecule has 1 heterocycles. The molecule has 1 aromatic heterocycles. The highest BCUT2D eigenvalue weighted by molar-refractivity contribution is 5.95. The predicted molar refractivity (Wildman–Crippen MR) is 119 cm³/mol. The number of nitrogens with one attached hydrogen (secondary N) is 1. The number of nitrogens with zero attached hydrogens (tertiary/aromatic N) is 2. The molecule has 0 atom stereocenters. The Kier molecular flexibility index (Phi) is 6.44. The number of anilines is 1. The zero-order chi connectivity index (χ0) is 24.1. The van der Waals surface area contributed by atoms with E-state index in [-0.39, 0.29) is 5.56 Å². The third-order valence-electron chi connectivity index (χ3n) is 4.83. The number of carbonyl (C=O) groups excluding carboxylic acids is 2. The highest BCUT2D eigenvalue weighted by Gasteiger charge is 2.30. The maximum Gasteiger partial charge on any atom is 0.416 e. The van der Waals surface area contributed by atoms with E-state index in [9.17, 15) is 22.8 Å². The minimum atomic E-state index is -4.51. The minimum Gasteiger partial charge on any atom is -0.452 e. The zero-order valence-corrected chi connectivity index (χ0v) is 17.6. The molecule has 4 rings (SSSR count). The Morgan fingerprint density at radius 2 is 1.50 bits per heavy atom. The zero-order valence-electron chi connectivity index (χ0n) is 17.6. The van der Waals surface area contributed by atoms with E-state index in [1.165, 1.54) is 0 Å². The van der Waals surface area contributed by atoms with Gasteiger partial charge in [-0.3, -0.25) is 4.79 Å². The lowest BCUT2D eigenvalue weighted by molar-refractivity contribution is -0.137. The van der Waals surface area contributed by atoms with Gasteiger partial charge in [-0.15, -0.1) is 0 Å². The molecule has 0 saturated heterocycles. The summed E-state index contributed by atoms with van der Waals surface area (Å²) in [6.45, 7) is -0.625. The summed E-state index contributed by atoms with van der Waals surface area (Å²) in [5, 5.41) is 7.25. The van der Waals surface area contributed by atoms with Crippen molar-refractivity contribution in [2.24, 2.45) is 0 Å². The van der Waals surface area contributed by atoms with Crippen LogP contribution in [-0.2, 0) is 15.7 Å². The van der Waals surface area contributed by atoms with Gasteiger partial charge in [-0.1, -0.05) is 48.5 Å². The van der Waals surface area contributed by atoms with Crippen molar-refractivity contribution >= 4 is 17.7 Å². The van der Waals surface area contributed by atoms with Crippen LogP contribution in [-0.4, -0.2) is 28.3 Å². The monoisotopic (exact) mass is 465 g/mol. The first-order valence-electron chi connectivity index (χ1n) is 10.2. The molecule has 0 aliphatic heterocycles. The molecule has 0 spiro atoms. The van der Waals surface area contributed by atoms with E-state index in [0.29, 0.717) is 17.2 Å². The maximum atomic E-state index is 12.7. The largest absolute Gasteiger partial charge is 0.452 e. The molecule has 0 fully saturated rings. The summed E-state index contributed by atoms with van der Waals surface area (Å²) < 4.78 is 44.5. The van der Waals surface area contributed by atoms with Crippen LogP contribution in [0.25, 0.3) is 16.9 Å². The summed E-state index contributed by atoms with van der Waals surface area (Å²) in [6, 6.07) is 23.8. The van der Waals surface area contributed by atoms with Gasteiger partial charge in [0, 0.05) is 11.6 Å². The molecule has 0 saturated carbocycles. The average Bonchev–Trinajstić information content (AvgIpc) is 3.27. The summed E-state index contributed by atoms with van der Waals surface area (Å²) in [4.78, 5) is 24.6.